The number of hydrogen-bond donors (Lipinski definition) is 2. The van der Waals surface area contributed by atoms with Crippen molar-refractivity contribution in [2.75, 3.05) is 12.3 Å². The quantitative estimate of drug-likeness (QED) is 0.448. The summed E-state index contributed by atoms with van der Waals surface area (Å²) in [4.78, 5) is 0. The molecular formula is C14H20Br2N2O. The van der Waals surface area contributed by atoms with E-state index in [0.29, 0.717) is 12.3 Å². The molecule has 0 aliphatic rings. The Morgan fingerprint density at radius 2 is 1.84 bits per heavy atom. The van der Waals surface area contributed by atoms with Crippen LogP contribution in [0.15, 0.2) is 32.7 Å². The van der Waals surface area contributed by atoms with Gasteiger partial charge in [-0.2, -0.15) is 0 Å². The Hall–Kier alpha value is -0.520. The second-order valence-electron chi connectivity index (χ2n) is 5.06. The highest BCUT2D eigenvalue weighted by Gasteiger charge is 2.12. The molecule has 0 bridgehead atoms. The van der Waals surface area contributed by atoms with Crippen LogP contribution >= 0.6 is 31.9 Å². The molecule has 3 nitrogen and oxygen atoms in total. The van der Waals surface area contributed by atoms with Gasteiger partial charge < -0.3 is 16.2 Å². The van der Waals surface area contributed by atoms with Gasteiger partial charge in [0, 0.05) is 11.2 Å². The number of benzene rings is 1. The van der Waals surface area contributed by atoms with Crippen LogP contribution in [0.5, 0.6) is 5.75 Å². The third-order valence-corrected chi connectivity index (χ3v) is 4.03. The third kappa shape index (κ3) is 5.16. The molecule has 0 aliphatic carbocycles. The highest BCUT2D eigenvalue weighted by molar-refractivity contribution is 9.11. The van der Waals surface area contributed by atoms with Crippen LogP contribution < -0.4 is 16.2 Å². The Balaban J connectivity index is 2.60. The molecule has 0 aliphatic heterocycles. The fourth-order valence-corrected chi connectivity index (χ4v) is 2.87. The van der Waals surface area contributed by atoms with Gasteiger partial charge in [0.1, 0.15) is 5.75 Å². The lowest BCUT2D eigenvalue weighted by Crippen LogP contribution is -2.33. The molecule has 0 unspecified atom stereocenters. The van der Waals surface area contributed by atoms with Crippen molar-refractivity contribution in [1.29, 1.82) is 0 Å². The number of rotatable bonds is 5. The maximum atomic E-state index is 6.00. The van der Waals surface area contributed by atoms with Gasteiger partial charge in [0.15, 0.2) is 0 Å². The number of anilines is 1. The molecule has 0 aromatic heterocycles. The van der Waals surface area contributed by atoms with Gasteiger partial charge in [0.25, 0.3) is 0 Å². The van der Waals surface area contributed by atoms with E-state index in [9.17, 15) is 0 Å². The molecule has 0 spiro atoms. The molecule has 0 saturated carbocycles. The van der Waals surface area contributed by atoms with E-state index in [2.05, 4.69) is 37.9 Å². The van der Waals surface area contributed by atoms with Crippen LogP contribution in [0.4, 0.5) is 5.69 Å². The van der Waals surface area contributed by atoms with E-state index in [1.165, 1.54) is 0 Å². The lowest BCUT2D eigenvalue weighted by molar-refractivity contribution is 0.320. The van der Waals surface area contributed by atoms with Crippen molar-refractivity contribution in [2.45, 2.75) is 32.7 Å². The second-order valence-corrected chi connectivity index (χ2v) is 6.77. The zero-order valence-corrected chi connectivity index (χ0v) is 14.6. The first-order chi connectivity index (χ1) is 8.71. The highest BCUT2D eigenvalue weighted by Crippen LogP contribution is 2.35. The van der Waals surface area contributed by atoms with Crippen LogP contribution in [0.2, 0.25) is 0 Å². The summed E-state index contributed by atoms with van der Waals surface area (Å²) < 4.78 is 7.44. The summed E-state index contributed by atoms with van der Waals surface area (Å²) in [6, 6.07) is 3.65. The summed E-state index contributed by atoms with van der Waals surface area (Å²) in [6.07, 6.45) is 2.93. The maximum absolute atomic E-state index is 6.00. The van der Waals surface area contributed by atoms with Crippen molar-refractivity contribution < 1.29 is 4.74 Å². The van der Waals surface area contributed by atoms with Gasteiger partial charge in [0.2, 0.25) is 0 Å². The average molecular weight is 392 g/mol. The Labute approximate surface area is 131 Å². The number of hydrogen-bond acceptors (Lipinski definition) is 3. The van der Waals surface area contributed by atoms with E-state index in [4.69, 9.17) is 16.2 Å². The van der Waals surface area contributed by atoms with Crippen LogP contribution in [0.25, 0.3) is 0 Å². The standard InChI is InChI=1S/C14H20Br2N2O/c1-9(14(2,3)18)5-4-6-19-13-11(15)7-10(17)8-12(13)16/h5,7-8H,4,6,17-18H2,1-3H3. The van der Waals surface area contributed by atoms with Crippen LogP contribution in [-0.2, 0) is 0 Å². The van der Waals surface area contributed by atoms with E-state index < -0.39 is 0 Å². The minimum Gasteiger partial charge on any atom is -0.491 e. The summed E-state index contributed by atoms with van der Waals surface area (Å²) in [5.74, 6) is 0.771. The van der Waals surface area contributed by atoms with E-state index in [-0.39, 0.29) is 5.54 Å². The van der Waals surface area contributed by atoms with Crippen molar-refractivity contribution in [2.24, 2.45) is 5.73 Å². The molecule has 0 heterocycles. The molecule has 1 rings (SSSR count). The molecule has 0 atom stereocenters. The first-order valence-electron chi connectivity index (χ1n) is 6.05. The van der Waals surface area contributed by atoms with Crippen molar-refractivity contribution >= 4 is 37.5 Å². The Kier molecular flexibility index (Phi) is 5.89. The molecule has 0 amide bonds. The van der Waals surface area contributed by atoms with Gasteiger partial charge in [-0.05, 0) is 71.2 Å². The fraction of sp³-hybridized carbons (Fsp3) is 0.429. The summed E-state index contributed by atoms with van der Waals surface area (Å²) >= 11 is 6.88. The van der Waals surface area contributed by atoms with Gasteiger partial charge in [-0.3, -0.25) is 0 Å². The number of halogens is 2. The van der Waals surface area contributed by atoms with Crippen LogP contribution in [-0.4, -0.2) is 12.1 Å². The first-order valence-corrected chi connectivity index (χ1v) is 7.64. The SMILES string of the molecule is CC(=CCCOc1c(Br)cc(N)cc1Br)C(C)(C)N. The van der Waals surface area contributed by atoms with E-state index >= 15 is 0 Å². The largest absolute Gasteiger partial charge is 0.491 e. The third-order valence-electron chi connectivity index (χ3n) is 2.85. The van der Waals surface area contributed by atoms with Gasteiger partial charge in [-0.25, -0.2) is 0 Å². The lowest BCUT2D eigenvalue weighted by atomic mass is 9.96. The summed E-state index contributed by atoms with van der Waals surface area (Å²) in [5.41, 5.74) is 13.3. The molecule has 106 valence electrons. The zero-order valence-electron chi connectivity index (χ0n) is 11.5. The Bertz CT molecular complexity index is 456. The summed E-state index contributed by atoms with van der Waals surface area (Å²) in [6.45, 7) is 6.61. The van der Waals surface area contributed by atoms with Gasteiger partial charge in [-0.15, -0.1) is 0 Å². The average Bonchev–Trinajstić information content (AvgIpc) is 2.24. The van der Waals surface area contributed by atoms with Gasteiger partial charge in [0.05, 0.1) is 15.6 Å². The smallest absolute Gasteiger partial charge is 0.147 e. The Morgan fingerprint density at radius 3 is 2.32 bits per heavy atom. The summed E-state index contributed by atoms with van der Waals surface area (Å²) in [5, 5.41) is 0. The predicted molar refractivity (Wildman–Crippen MR) is 88.4 cm³/mol. The van der Waals surface area contributed by atoms with Crippen molar-refractivity contribution in [3.8, 4) is 5.75 Å². The van der Waals surface area contributed by atoms with E-state index in [1.54, 1.807) is 0 Å². The minimum absolute atomic E-state index is 0.275. The van der Waals surface area contributed by atoms with E-state index in [0.717, 1.165) is 26.7 Å². The Morgan fingerprint density at radius 1 is 1.32 bits per heavy atom. The van der Waals surface area contributed by atoms with Crippen LogP contribution in [0.3, 0.4) is 0 Å². The number of ether oxygens (including phenoxy) is 1. The minimum atomic E-state index is -0.275. The van der Waals surface area contributed by atoms with Crippen molar-refractivity contribution in [3.05, 3.63) is 32.7 Å². The predicted octanol–water partition coefficient (Wildman–Crippen LogP) is 4.25. The van der Waals surface area contributed by atoms with E-state index in [1.807, 2.05) is 32.9 Å². The monoisotopic (exact) mass is 390 g/mol. The first kappa shape index (κ1) is 16.5. The van der Waals surface area contributed by atoms with Crippen molar-refractivity contribution in [1.82, 2.24) is 0 Å². The highest BCUT2D eigenvalue weighted by atomic mass is 79.9. The molecule has 4 N–H and O–H groups in total. The molecule has 0 fully saturated rings. The fourth-order valence-electron chi connectivity index (χ4n) is 1.42. The van der Waals surface area contributed by atoms with Gasteiger partial charge in [-0.1, -0.05) is 11.6 Å². The molecule has 5 heteroatoms. The molecular weight excluding hydrogens is 372 g/mol. The topological polar surface area (TPSA) is 61.3 Å². The molecule has 0 saturated heterocycles. The maximum Gasteiger partial charge on any atom is 0.147 e. The number of nitrogen functional groups attached to an aromatic ring is 1. The second kappa shape index (κ2) is 6.77. The molecule has 19 heavy (non-hydrogen) atoms. The molecule has 1 aromatic carbocycles. The molecule has 0 radical (unpaired) electrons. The van der Waals surface area contributed by atoms with Crippen LogP contribution in [0, 0.1) is 0 Å². The molecule has 1 aromatic rings. The van der Waals surface area contributed by atoms with Crippen molar-refractivity contribution in [3.63, 3.8) is 0 Å². The van der Waals surface area contributed by atoms with Crippen LogP contribution in [0.1, 0.15) is 27.2 Å². The normalized spacial score (nSPS) is 12.6. The van der Waals surface area contributed by atoms with Gasteiger partial charge >= 0.3 is 0 Å². The summed E-state index contributed by atoms with van der Waals surface area (Å²) in [7, 11) is 0. The lowest BCUT2D eigenvalue weighted by Gasteiger charge is -2.19. The zero-order chi connectivity index (χ0) is 14.6. The number of nitrogens with two attached hydrogens (primary N) is 2.